The molecule has 0 aliphatic rings. The second-order valence-electron chi connectivity index (χ2n) is 5.65. The summed E-state index contributed by atoms with van der Waals surface area (Å²) < 4.78 is 12.9. The molecule has 2 aromatic rings. The third kappa shape index (κ3) is 3.60. The van der Waals surface area contributed by atoms with Gasteiger partial charge in [-0.2, -0.15) is 0 Å². The van der Waals surface area contributed by atoms with Crippen LogP contribution in [0.5, 0.6) is 0 Å². The van der Waals surface area contributed by atoms with E-state index in [0.717, 1.165) is 12.0 Å². The molecule has 2 aromatic carbocycles. The normalized spacial score (nSPS) is 12.2. The van der Waals surface area contributed by atoms with E-state index >= 15 is 0 Å². The summed E-state index contributed by atoms with van der Waals surface area (Å²) >= 11 is 0. The minimum Gasteiger partial charge on any atom is -0.382 e. The predicted molar refractivity (Wildman–Crippen MR) is 83.8 cm³/mol. The molecule has 0 aromatic heterocycles. The Bertz CT molecular complexity index is 564. The number of hydrogen-bond acceptors (Lipinski definition) is 1. The van der Waals surface area contributed by atoms with Gasteiger partial charge in [0.25, 0.3) is 0 Å². The van der Waals surface area contributed by atoms with Gasteiger partial charge in [0.1, 0.15) is 5.82 Å². The van der Waals surface area contributed by atoms with Gasteiger partial charge in [-0.05, 0) is 62.9 Å². The second kappa shape index (κ2) is 6.08. The number of halogens is 1. The van der Waals surface area contributed by atoms with Gasteiger partial charge < -0.3 is 5.32 Å². The van der Waals surface area contributed by atoms with Gasteiger partial charge in [-0.1, -0.05) is 29.8 Å². The van der Waals surface area contributed by atoms with E-state index in [2.05, 4.69) is 45.1 Å². The van der Waals surface area contributed by atoms with Crippen LogP contribution in [-0.2, 0) is 6.42 Å². The number of benzene rings is 2. The lowest BCUT2D eigenvalue weighted by Crippen LogP contribution is -2.19. The number of nitrogens with one attached hydrogen (secondary N) is 1. The van der Waals surface area contributed by atoms with E-state index in [1.165, 1.54) is 34.5 Å². The molecule has 0 aliphatic carbocycles. The topological polar surface area (TPSA) is 12.0 Å². The highest BCUT2D eigenvalue weighted by Crippen LogP contribution is 2.23. The number of anilines is 1. The maximum Gasteiger partial charge on any atom is 0.123 e. The van der Waals surface area contributed by atoms with Crippen molar-refractivity contribution in [3.63, 3.8) is 0 Å². The van der Waals surface area contributed by atoms with E-state index in [9.17, 15) is 4.39 Å². The summed E-state index contributed by atoms with van der Waals surface area (Å²) in [4.78, 5) is 0. The average Bonchev–Trinajstić information content (AvgIpc) is 2.36. The van der Waals surface area contributed by atoms with Gasteiger partial charge in [0, 0.05) is 11.7 Å². The monoisotopic (exact) mass is 271 g/mol. The molecule has 1 unspecified atom stereocenters. The minimum atomic E-state index is -0.181. The molecule has 0 fully saturated rings. The number of rotatable bonds is 4. The van der Waals surface area contributed by atoms with Crippen LogP contribution in [0.4, 0.5) is 10.1 Å². The van der Waals surface area contributed by atoms with Crippen LogP contribution in [0.25, 0.3) is 0 Å². The van der Waals surface area contributed by atoms with E-state index in [1.807, 2.05) is 12.1 Å². The van der Waals surface area contributed by atoms with Crippen LogP contribution in [0.2, 0.25) is 0 Å². The van der Waals surface area contributed by atoms with Crippen molar-refractivity contribution in [1.29, 1.82) is 0 Å². The molecule has 0 saturated heterocycles. The highest BCUT2D eigenvalue weighted by Gasteiger charge is 2.08. The molecule has 2 rings (SSSR count). The van der Waals surface area contributed by atoms with Gasteiger partial charge in [0.15, 0.2) is 0 Å². The van der Waals surface area contributed by atoms with Crippen molar-refractivity contribution in [2.45, 2.75) is 40.2 Å². The zero-order valence-electron chi connectivity index (χ0n) is 12.6. The summed E-state index contributed by atoms with van der Waals surface area (Å²) in [6, 6.07) is 11.4. The van der Waals surface area contributed by atoms with Gasteiger partial charge in [0.05, 0.1) is 0 Å². The summed E-state index contributed by atoms with van der Waals surface area (Å²) in [6.07, 6.45) is 0.882. The van der Waals surface area contributed by atoms with Crippen molar-refractivity contribution in [3.8, 4) is 0 Å². The van der Waals surface area contributed by atoms with Crippen molar-refractivity contribution in [2.75, 3.05) is 5.32 Å². The van der Waals surface area contributed by atoms with Gasteiger partial charge >= 0.3 is 0 Å². The maximum atomic E-state index is 12.9. The lowest BCUT2D eigenvalue weighted by atomic mass is 10.0. The molecule has 1 N–H and O–H groups in total. The standard InChI is InChI=1S/C18H22FN/c1-12-9-13(2)18(14(3)10-12)20-15(4)11-16-5-7-17(19)8-6-16/h5-10,15,20H,11H2,1-4H3. The molecular weight excluding hydrogens is 249 g/mol. The predicted octanol–water partition coefficient (Wildman–Crippen LogP) is 4.79. The number of aryl methyl sites for hydroxylation is 3. The Morgan fingerprint density at radius 3 is 2.10 bits per heavy atom. The summed E-state index contributed by atoms with van der Waals surface area (Å²) in [6.45, 7) is 8.54. The van der Waals surface area contributed by atoms with E-state index < -0.39 is 0 Å². The summed E-state index contributed by atoms with van der Waals surface area (Å²) in [5, 5.41) is 3.58. The molecule has 0 bridgehead atoms. The SMILES string of the molecule is Cc1cc(C)c(NC(C)Cc2ccc(F)cc2)c(C)c1. The van der Waals surface area contributed by atoms with Crippen molar-refractivity contribution >= 4 is 5.69 Å². The highest BCUT2D eigenvalue weighted by atomic mass is 19.1. The summed E-state index contributed by atoms with van der Waals surface area (Å²) in [7, 11) is 0. The maximum absolute atomic E-state index is 12.9. The Kier molecular flexibility index (Phi) is 4.43. The molecule has 0 radical (unpaired) electrons. The zero-order valence-corrected chi connectivity index (χ0v) is 12.6. The molecule has 1 nitrogen and oxygen atoms in total. The number of hydrogen-bond donors (Lipinski definition) is 1. The third-order valence-electron chi connectivity index (χ3n) is 3.52. The first-order valence-corrected chi connectivity index (χ1v) is 7.04. The fraction of sp³-hybridized carbons (Fsp3) is 0.333. The first-order chi connectivity index (χ1) is 9.45. The van der Waals surface area contributed by atoms with Crippen LogP contribution in [0.15, 0.2) is 36.4 Å². The average molecular weight is 271 g/mol. The van der Waals surface area contributed by atoms with Gasteiger partial charge in [-0.25, -0.2) is 4.39 Å². The first kappa shape index (κ1) is 14.6. The van der Waals surface area contributed by atoms with Gasteiger partial charge in [-0.15, -0.1) is 0 Å². The third-order valence-corrected chi connectivity index (χ3v) is 3.52. The molecule has 0 heterocycles. The lowest BCUT2D eigenvalue weighted by Gasteiger charge is -2.20. The van der Waals surface area contributed by atoms with Gasteiger partial charge in [-0.3, -0.25) is 0 Å². The molecule has 0 aliphatic heterocycles. The fourth-order valence-electron chi connectivity index (χ4n) is 2.68. The Labute approximate surface area is 120 Å². The Morgan fingerprint density at radius 1 is 1.00 bits per heavy atom. The molecule has 2 heteroatoms. The van der Waals surface area contributed by atoms with Crippen molar-refractivity contribution in [2.24, 2.45) is 0 Å². The Morgan fingerprint density at radius 2 is 1.55 bits per heavy atom. The molecule has 0 spiro atoms. The van der Waals surface area contributed by atoms with E-state index in [4.69, 9.17) is 0 Å². The second-order valence-corrected chi connectivity index (χ2v) is 5.65. The van der Waals surface area contributed by atoms with Crippen molar-refractivity contribution < 1.29 is 4.39 Å². The van der Waals surface area contributed by atoms with Crippen molar-refractivity contribution in [1.82, 2.24) is 0 Å². The minimum absolute atomic E-state index is 0.181. The van der Waals surface area contributed by atoms with Crippen LogP contribution in [0.3, 0.4) is 0 Å². The van der Waals surface area contributed by atoms with E-state index in [-0.39, 0.29) is 5.82 Å². The molecule has 0 saturated carbocycles. The van der Waals surface area contributed by atoms with Crippen molar-refractivity contribution in [3.05, 3.63) is 64.5 Å². The van der Waals surface area contributed by atoms with Crippen LogP contribution < -0.4 is 5.32 Å². The lowest BCUT2D eigenvalue weighted by molar-refractivity contribution is 0.626. The molecule has 20 heavy (non-hydrogen) atoms. The van der Waals surface area contributed by atoms with Gasteiger partial charge in [0.2, 0.25) is 0 Å². The first-order valence-electron chi connectivity index (χ1n) is 7.04. The summed E-state index contributed by atoms with van der Waals surface area (Å²) in [5.41, 5.74) is 6.19. The molecular formula is C18H22FN. The molecule has 106 valence electrons. The smallest absolute Gasteiger partial charge is 0.123 e. The van der Waals surface area contributed by atoms with E-state index in [0.29, 0.717) is 6.04 Å². The van der Waals surface area contributed by atoms with Crippen LogP contribution in [-0.4, -0.2) is 6.04 Å². The quantitative estimate of drug-likeness (QED) is 0.842. The zero-order chi connectivity index (χ0) is 14.7. The Hall–Kier alpha value is -1.83. The van der Waals surface area contributed by atoms with Crippen LogP contribution in [0, 0.1) is 26.6 Å². The van der Waals surface area contributed by atoms with E-state index in [1.54, 1.807) is 0 Å². The Balaban J connectivity index is 2.08. The van der Waals surface area contributed by atoms with Crippen LogP contribution in [0.1, 0.15) is 29.2 Å². The largest absolute Gasteiger partial charge is 0.382 e. The molecule has 0 amide bonds. The molecule has 1 atom stereocenters. The summed E-state index contributed by atoms with van der Waals surface area (Å²) in [5.74, 6) is -0.181. The van der Waals surface area contributed by atoms with Crippen LogP contribution >= 0.6 is 0 Å². The highest BCUT2D eigenvalue weighted by molar-refractivity contribution is 5.58. The fourth-order valence-corrected chi connectivity index (χ4v) is 2.68.